The van der Waals surface area contributed by atoms with Gasteiger partial charge in [0.25, 0.3) is 0 Å². The molecule has 0 saturated heterocycles. The Morgan fingerprint density at radius 1 is 0.259 bits per heavy atom. The summed E-state index contributed by atoms with van der Waals surface area (Å²) in [5.41, 5.74) is 16.5. The molecule has 0 aliphatic heterocycles. The van der Waals surface area contributed by atoms with Crippen LogP contribution < -0.4 is 4.90 Å². The number of hydrogen-bond acceptors (Lipinski definition) is 1. The predicted octanol–water partition coefficient (Wildman–Crippen LogP) is 15.5. The van der Waals surface area contributed by atoms with Gasteiger partial charge < -0.3 is 9.47 Å². The van der Waals surface area contributed by atoms with Crippen molar-refractivity contribution in [2.24, 2.45) is 0 Å². The van der Waals surface area contributed by atoms with Crippen LogP contribution in [-0.2, 0) is 0 Å². The van der Waals surface area contributed by atoms with Crippen LogP contribution in [0.2, 0.25) is 0 Å². The largest absolute Gasteiger partial charge is 0.311 e. The van der Waals surface area contributed by atoms with Crippen LogP contribution in [0.4, 0.5) is 17.1 Å². The van der Waals surface area contributed by atoms with E-state index in [2.05, 4.69) is 240 Å². The van der Waals surface area contributed by atoms with Crippen molar-refractivity contribution in [2.75, 3.05) is 4.90 Å². The van der Waals surface area contributed by atoms with E-state index in [1.807, 2.05) is 0 Å². The third-order valence-corrected chi connectivity index (χ3v) is 11.5. The summed E-state index contributed by atoms with van der Waals surface area (Å²) in [5.74, 6) is 0. The van der Waals surface area contributed by atoms with Gasteiger partial charge in [-0.3, -0.25) is 0 Å². The quantitative estimate of drug-likeness (QED) is 0.141. The molecule has 10 aromatic carbocycles. The highest BCUT2D eigenvalue weighted by atomic mass is 15.1. The smallest absolute Gasteiger partial charge is 0.0547 e. The molecule has 0 aliphatic rings. The van der Waals surface area contributed by atoms with Gasteiger partial charge in [-0.2, -0.15) is 0 Å². The number of benzene rings is 10. The molecule has 2 heteroatoms. The third-order valence-electron chi connectivity index (χ3n) is 11.5. The molecule has 0 spiro atoms. The minimum Gasteiger partial charge on any atom is -0.311 e. The Kier molecular flexibility index (Phi) is 8.19. The summed E-state index contributed by atoms with van der Waals surface area (Å²) in [7, 11) is 0. The molecule has 1 heterocycles. The number of hydrogen-bond donors (Lipinski definition) is 0. The monoisotopic (exact) mass is 738 g/mol. The standard InChI is InChI=1S/C56H38N2/c1-3-11-39(12-4-1)41-25-31-49(32-26-41)57(50-33-27-42(28-34-50)40-13-5-2-6-14-40)51-35-29-43(30-36-51)46-17-7-18-47(37-46)48-19-8-20-52(38-48)58-53-21-9-15-44-23-24-45-16-10-22-54(58)56(45)55(44)53/h1-38H. The van der Waals surface area contributed by atoms with Gasteiger partial charge in [0, 0.05) is 33.5 Å². The van der Waals surface area contributed by atoms with Gasteiger partial charge in [0.15, 0.2) is 0 Å². The van der Waals surface area contributed by atoms with Crippen molar-refractivity contribution in [2.45, 2.75) is 0 Å². The first-order valence-corrected chi connectivity index (χ1v) is 19.9. The van der Waals surface area contributed by atoms with Crippen LogP contribution in [0.15, 0.2) is 231 Å². The highest BCUT2D eigenvalue weighted by Gasteiger charge is 2.17. The fourth-order valence-corrected chi connectivity index (χ4v) is 8.72. The Hall–Kier alpha value is -7.68. The van der Waals surface area contributed by atoms with Gasteiger partial charge in [0.05, 0.1) is 11.0 Å². The third kappa shape index (κ3) is 5.91. The molecular weight excluding hydrogens is 701 g/mol. The number of aromatic nitrogens is 1. The zero-order valence-electron chi connectivity index (χ0n) is 31.8. The van der Waals surface area contributed by atoms with E-state index in [0.29, 0.717) is 0 Å². The molecule has 0 saturated carbocycles. The highest BCUT2D eigenvalue weighted by Crippen LogP contribution is 2.41. The molecule has 0 aliphatic carbocycles. The molecular formula is C56H38N2. The van der Waals surface area contributed by atoms with Crippen molar-refractivity contribution < 1.29 is 0 Å². The van der Waals surface area contributed by atoms with Crippen LogP contribution in [0, 0.1) is 0 Å². The van der Waals surface area contributed by atoms with E-state index in [0.717, 1.165) is 22.7 Å². The van der Waals surface area contributed by atoms with Crippen LogP contribution >= 0.6 is 0 Å². The molecule has 0 radical (unpaired) electrons. The maximum absolute atomic E-state index is 2.42. The zero-order chi connectivity index (χ0) is 38.4. The lowest BCUT2D eigenvalue weighted by Crippen LogP contribution is -2.09. The van der Waals surface area contributed by atoms with Gasteiger partial charge in [-0.25, -0.2) is 0 Å². The first kappa shape index (κ1) is 33.6. The van der Waals surface area contributed by atoms with E-state index in [-0.39, 0.29) is 0 Å². The van der Waals surface area contributed by atoms with E-state index in [4.69, 9.17) is 0 Å². The van der Waals surface area contributed by atoms with Crippen molar-refractivity contribution in [1.82, 2.24) is 4.57 Å². The minimum atomic E-state index is 1.10. The van der Waals surface area contributed by atoms with Crippen molar-refractivity contribution in [3.63, 3.8) is 0 Å². The van der Waals surface area contributed by atoms with Gasteiger partial charge in [0.2, 0.25) is 0 Å². The molecule has 0 unspecified atom stereocenters. The lowest BCUT2D eigenvalue weighted by molar-refractivity contribution is 1.18. The molecule has 58 heavy (non-hydrogen) atoms. The van der Waals surface area contributed by atoms with Gasteiger partial charge in [-0.05, 0) is 122 Å². The summed E-state index contributed by atoms with van der Waals surface area (Å²) in [6.45, 7) is 0. The van der Waals surface area contributed by atoms with E-state index in [9.17, 15) is 0 Å². The SMILES string of the molecule is c1ccc(-c2ccc(N(c3ccc(-c4ccccc4)cc3)c3ccc(-c4cccc(-c5cccc(-n6c7cccc8ccc9cccc6c9c87)c5)c4)cc3)cc2)cc1. The topological polar surface area (TPSA) is 8.17 Å². The van der Waals surface area contributed by atoms with Gasteiger partial charge in [0.1, 0.15) is 0 Å². The van der Waals surface area contributed by atoms with Crippen molar-refractivity contribution in [3.8, 4) is 50.2 Å². The zero-order valence-corrected chi connectivity index (χ0v) is 31.8. The number of anilines is 3. The Balaban J connectivity index is 0.936. The van der Waals surface area contributed by atoms with Crippen LogP contribution in [0.5, 0.6) is 0 Å². The van der Waals surface area contributed by atoms with E-state index < -0.39 is 0 Å². The predicted molar refractivity (Wildman–Crippen MR) is 246 cm³/mol. The van der Waals surface area contributed by atoms with Crippen LogP contribution in [-0.4, -0.2) is 4.57 Å². The van der Waals surface area contributed by atoms with Crippen molar-refractivity contribution in [3.05, 3.63) is 231 Å². The Morgan fingerprint density at radius 2 is 0.621 bits per heavy atom. The summed E-state index contributed by atoms with van der Waals surface area (Å²) in [6, 6.07) is 83.5. The molecule has 0 atom stereocenters. The molecule has 0 amide bonds. The normalized spacial score (nSPS) is 11.4. The Labute approximate surface area is 338 Å². The summed E-state index contributed by atoms with van der Waals surface area (Å²) in [4.78, 5) is 2.34. The first-order valence-electron chi connectivity index (χ1n) is 19.9. The van der Waals surface area contributed by atoms with Crippen molar-refractivity contribution in [1.29, 1.82) is 0 Å². The molecule has 11 aromatic rings. The first-order chi connectivity index (χ1) is 28.7. The second-order valence-corrected chi connectivity index (χ2v) is 15.0. The fourth-order valence-electron chi connectivity index (χ4n) is 8.72. The summed E-state index contributed by atoms with van der Waals surface area (Å²) in [6.07, 6.45) is 0. The molecule has 2 nitrogen and oxygen atoms in total. The molecule has 1 aromatic heterocycles. The highest BCUT2D eigenvalue weighted by molar-refractivity contribution is 6.24. The summed E-state index contributed by atoms with van der Waals surface area (Å²) in [5, 5.41) is 5.22. The number of nitrogens with zero attached hydrogens (tertiary/aromatic N) is 2. The summed E-state index contributed by atoms with van der Waals surface area (Å²) < 4.78 is 2.42. The second-order valence-electron chi connectivity index (χ2n) is 15.0. The lowest BCUT2D eigenvalue weighted by atomic mass is 9.98. The Morgan fingerprint density at radius 3 is 1.10 bits per heavy atom. The second kappa shape index (κ2) is 14.1. The van der Waals surface area contributed by atoms with E-state index >= 15 is 0 Å². The fraction of sp³-hybridized carbons (Fsp3) is 0. The molecule has 0 bridgehead atoms. The van der Waals surface area contributed by atoms with E-state index in [1.54, 1.807) is 0 Å². The van der Waals surface area contributed by atoms with Crippen LogP contribution in [0.1, 0.15) is 0 Å². The Bertz CT molecular complexity index is 3030. The van der Waals surface area contributed by atoms with Crippen LogP contribution in [0.25, 0.3) is 82.8 Å². The maximum atomic E-state index is 2.42. The molecule has 0 fully saturated rings. The average molecular weight is 739 g/mol. The minimum absolute atomic E-state index is 1.10. The van der Waals surface area contributed by atoms with Crippen molar-refractivity contribution >= 4 is 49.6 Å². The van der Waals surface area contributed by atoms with Gasteiger partial charge in [-0.15, -0.1) is 0 Å². The molecule has 0 N–H and O–H groups in total. The lowest BCUT2D eigenvalue weighted by Gasteiger charge is -2.26. The van der Waals surface area contributed by atoms with Gasteiger partial charge >= 0.3 is 0 Å². The maximum Gasteiger partial charge on any atom is 0.0547 e. The molecule has 272 valence electrons. The van der Waals surface area contributed by atoms with Gasteiger partial charge in [-0.1, -0.05) is 164 Å². The van der Waals surface area contributed by atoms with E-state index in [1.165, 1.54) is 77.1 Å². The van der Waals surface area contributed by atoms with Crippen LogP contribution in [0.3, 0.4) is 0 Å². The average Bonchev–Trinajstić information content (AvgIpc) is 3.65. The number of rotatable bonds is 8. The molecule has 11 rings (SSSR count). The summed E-state index contributed by atoms with van der Waals surface area (Å²) >= 11 is 0.